The SMILES string of the molecule is CCN1CCOCC1.CCN1CCOCC1.O=S(=O)(O)O. The van der Waals surface area contributed by atoms with Gasteiger partial charge in [0.1, 0.15) is 0 Å². The first-order chi connectivity index (χ1) is 9.86. The highest BCUT2D eigenvalue weighted by molar-refractivity contribution is 7.79. The fourth-order valence-electron chi connectivity index (χ4n) is 1.83. The van der Waals surface area contributed by atoms with Gasteiger partial charge in [-0.15, -0.1) is 0 Å². The standard InChI is InChI=1S/2C6H13NO.H2O4S/c2*1-2-7-3-5-8-6-4-7;1-5(2,3)4/h2*2-6H2,1H3;(H2,1,2,3,4). The smallest absolute Gasteiger partial charge is 0.379 e. The van der Waals surface area contributed by atoms with Crippen LogP contribution in [-0.2, 0) is 19.9 Å². The second-order valence-corrected chi connectivity index (χ2v) is 5.44. The number of morpholine rings is 2. The molecule has 2 saturated heterocycles. The summed E-state index contributed by atoms with van der Waals surface area (Å²) in [6, 6.07) is 0. The lowest BCUT2D eigenvalue weighted by molar-refractivity contribution is 0.0404. The zero-order valence-electron chi connectivity index (χ0n) is 12.9. The van der Waals surface area contributed by atoms with Crippen LogP contribution in [0.15, 0.2) is 0 Å². The maximum atomic E-state index is 8.74. The largest absolute Gasteiger partial charge is 0.394 e. The molecule has 2 fully saturated rings. The lowest BCUT2D eigenvalue weighted by Crippen LogP contribution is -2.35. The lowest BCUT2D eigenvalue weighted by Gasteiger charge is -2.24. The Hall–Kier alpha value is -0.290. The molecular formula is C12H28N2O6S. The lowest BCUT2D eigenvalue weighted by atomic mass is 10.4. The molecule has 2 rings (SSSR count). The van der Waals surface area contributed by atoms with E-state index in [2.05, 4.69) is 23.6 Å². The summed E-state index contributed by atoms with van der Waals surface area (Å²) >= 11 is 0. The highest BCUT2D eigenvalue weighted by Crippen LogP contribution is 1.94. The topological polar surface area (TPSA) is 99.5 Å². The Morgan fingerprint density at radius 1 is 0.810 bits per heavy atom. The molecule has 21 heavy (non-hydrogen) atoms. The minimum Gasteiger partial charge on any atom is -0.379 e. The van der Waals surface area contributed by atoms with E-state index in [1.165, 1.54) is 13.1 Å². The van der Waals surface area contributed by atoms with Crippen LogP contribution in [-0.4, -0.2) is 93.0 Å². The van der Waals surface area contributed by atoms with Crippen molar-refractivity contribution in [3.63, 3.8) is 0 Å². The Labute approximate surface area is 127 Å². The highest BCUT2D eigenvalue weighted by Gasteiger charge is 2.06. The predicted octanol–water partition coefficient (Wildman–Crippen LogP) is 0.0242. The number of rotatable bonds is 2. The molecule has 8 nitrogen and oxygen atoms in total. The van der Waals surface area contributed by atoms with Crippen molar-refractivity contribution in [3.8, 4) is 0 Å². The van der Waals surface area contributed by atoms with Crippen LogP contribution in [0.1, 0.15) is 13.8 Å². The van der Waals surface area contributed by atoms with Gasteiger partial charge >= 0.3 is 10.4 Å². The van der Waals surface area contributed by atoms with E-state index in [-0.39, 0.29) is 0 Å². The van der Waals surface area contributed by atoms with Gasteiger partial charge in [0, 0.05) is 26.2 Å². The summed E-state index contributed by atoms with van der Waals surface area (Å²) in [6.07, 6.45) is 0. The van der Waals surface area contributed by atoms with Crippen LogP contribution in [0.3, 0.4) is 0 Å². The molecule has 0 amide bonds. The molecule has 0 saturated carbocycles. The van der Waals surface area contributed by atoms with Crippen LogP contribution < -0.4 is 0 Å². The van der Waals surface area contributed by atoms with Crippen molar-refractivity contribution in [2.45, 2.75) is 13.8 Å². The molecular weight excluding hydrogens is 300 g/mol. The van der Waals surface area contributed by atoms with Crippen molar-refractivity contribution in [2.75, 3.05) is 65.7 Å². The van der Waals surface area contributed by atoms with Crippen molar-refractivity contribution in [1.82, 2.24) is 9.80 Å². The van der Waals surface area contributed by atoms with Gasteiger partial charge in [-0.3, -0.25) is 18.9 Å². The Bertz CT molecular complexity index is 301. The molecule has 0 aromatic rings. The minimum atomic E-state index is -4.67. The van der Waals surface area contributed by atoms with Crippen molar-refractivity contribution in [1.29, 1.82) is 0 Å². The number of nitrogens with zero attached hydrogens (tertiary/aromatic N) is 2. The molecule has 0 atom stereocenters. The second kappa shape index (κ2) is 12.3. The number of likely N-dealkylation sites (N-methyl/N-ethyl adjacent to an activating group) is 2. The van der Waals surface area contributed by atoms with Gasteiger partial charge in [0.2, 0.25) is 0 Å². The van der Waals surface area contributed by atoms with Crippen molar-refractivity contribution in [2.24, 2.45) is 0 Å². The predicted molar refractivity (Wildman–Crippen MR) is 80.0 cm³/mol. The van der Waals surface area contributed by atoms with Gasteiger partial charge in [-0.25, -0.2) is 0 Å². The fraction of sp³-hybridized carbons (Fsp3) is 1.00. The first-order valence-electron chi connectivity index (χ1n) is 7.16. The number of hydrogen-bond donors (Lipinski definition) is 2. The van der Waals surface area contributed by atoms with Gasteiger partial charge in [0.05, 0.1) is 26.4 Å². The zero-order chi connectivity index (χ0) is 16.1. The summed E-state index contributed by atoms with van der Waals surface area (Å²) in [4.78, 5) is 4.78. The Kier molecular flexibility index (Phi) is 12.1. The Morgan fingerprint density at radius 3 is 1.19 bits per heavy atom. The molecule has 9 heteroatoms. The van der Waals surface area contributed by atoms with Crippen LogP contribution in [0.5, 0.6) is 0 Å². The average Bonchev–Trinajstić information content (AvgIpc) is 2.48. The summed E-state index contributed by atoms with van der Waals surface area (Å²) in [5.41, 5.74) is 0. The van der Waals surface area contributed by atoms with E-state index in [4.69, 9.17) is 27.0 Å². The molecule has 0 aromatic heterocycles. The molecule has 0 aromatic carbocycles. The van der Waals surface area contributed by atoms with Gasteiger partial charge in [-0.1, -0.05) is 13.8 Å². The van der Waals surface area contributed by atoms with Crippen LogP contribution in [0, 0.1) is 0 Å². The van der Waals surface area contributed by atoms with E-state index in [1.807, 2.05) is 0 Å². The van der Waals surface area contributed by atoms with E-state index in [1.54, 1.807) is 0 Å². The Morgan fingerprint density at radius 2 is 1.05 bits per heavy atom. The van der Waals surface area contributed by atoms with Crippen LogP contribution >= 0.6 is 0 Å². The quantitative estimate of drug-likeness (QED) is 0.685. The minimum absolute atomic E-state index is 0.924. The van der Waals surface area contributed by atoms with Crippen molar-refractivity contribution >= 4 is 10.4 Å². The van der Waals surface area contributed by atoms with Gasteiger partial charge in [0.25, 0.3) is 0 Å². The maximum absolute atomic E-state index is 8.74. The fourth-order valence-corrected chi connectivity index (χ4v) is 1.83. The molecule has 2 heterocycles. The van der Waals surface area contributed by atoms with Gasteiger partial charge < -0.3 is 9.47 Å². The van der Waals surface area contributed by atoms with Gasteiger partial charge in [-0.2, -0.15) is 8.42 Å². The average molecular weight is 328 g/mol. The number of ether oxygens (including phenoxy) is 2. The van der Waals surface area contributed by atoms with E-state index in [0.717, 1.165) is 52.6 Å². The molecule has 2 aliphatic rings. The van der Waals surface area contributed by atoms with Crippen LogP contribution in [0.4, 0.5) is 0 Å². The molecule has 2 aliphatic heterocycles. The summed E-state index contributed by atoms with van der Waals surface area (Å²) in [7, 11) is -4.67. The van der Waals surface area contributed by atoms with E-state index >= 15 is 0 Å². The summed E-state index contributed by atoms with van der Waals surface area (Å²) in [5.74, 6) is 0. The van der Waals surface area contributed by atoms with E-state index < -0.39 is 10.4 Å². The van der Waals surface area contributed by atoms with Gasteiger partial charge in [0.15, 0.2) is 0 Å². The zero-order valence-corrected chi connectivity index (χ0v) is 13.7. The van der Waals surface area contributed by atoms with Gasteiger partial charge in [-0.05, 0) is 13.1 Å². The summed E-state index contributed by atoms with van der Waals surface area (Å²) < 4.78 is 41.9. The highest BCUT2D eigenvalue weighted by atomic mass is 32.3. The van der Waals surface area contributed by atoms with Crippen LogP contribution in [0.25, 0.3) is 0 Å². The molecule has 0 radical (unpaired) electrons. The summed E-state index contributed by atoms with van der Waals surface area (Å²) in [6.45, 7) is 14.9. The molecule has 0 spiro atoms. The van der Waals surface area contributed by atoms with Crippen LogP contribution in [0.2, 0.25) is 0 Å². The normalized spacial score (nSPS) is 20.8. The maximum Gasteiger partial charge on any atom is 0.394 e. The van der Waals surface area contributed by atoms with Crippen molar-refractivity contribution < 1.29 is 27.0 Å². The number of hydrogen-bond acceptors (Lipinski definition) is 6. The molecule has 128 valence electrons. The van der Waals surface area contributed by atoms with E-state index in [0.29, 0.717) is 0 Å². The monoisotopic (exact) mass is 328 g/mol. The second-order valence-electron chi connectivity index (χ2n) is 4.54. The van der Waals surface area contributed by atoms with Crippen molar-refractivity contribution in [3.05, 3.63) is 0 Å². The third-order valence-electron chi connectivity index (χ3n) is 3.10. The Balaban J connectivity index is 0.000000296. The van der Waals surface area contributed by atoms with E-state index in [9.17, 15) is 0 Å². The first kappa shape index (κ1) is 20.7. The third-order valence-corrected chi connectivity index (χ3v) is 3.10. The molecule has 0 aliphatic carbocycles. The molecule has 0 unspecified atom stereocenters. The molecule has 0 bridgehead atoms. The first-order valence-corrected chi connectivity index (χ1v) is 8.56. The summed E-state index contributed by atoms with van der Waals surface area (Å²) in [5, 5.41) is 0. The third kappa shape index (κ3) is 15.9. The molecule has 2 N–H and O–H groups in total.